The lowest BCUT2D eigenvalue weighted by molar-refractivity contribution is -0.134. The molecule has 0 aliphatic heterocycles. The van der Waals surface area contributed by atoms with E-state index in [1.807, 2.05) is 0 Å². The highest BCUT2D eigenvalue weighted by Gasteiger charge is 2.27. The molecule has 8 heteroatoms. The molecule has 0 spiro atoms. The van der Waals surface area contributed by atoms with Gasteiger partial charge in [-0.3, -0.25) is 4.72 Å². The fraction of sp³-hybridized carbons (Fsp3) is 0.455. The molecule has 0 aliphatic carbocycles. The van der Waals surface area contributed by atoms with Crippen LogP contribution in [0.15, 0.2) is 22.7 Å². The van der Waals surface area contributed by atoms with Gasteiger partial charge in [0.1, 0.15) is 0 Å². The molecule has 1 aromatic rings. The fourth-order valence-electron chi connectivity index (χ4n) is 1.39. The van der Waals surface area contributed by atoms with E-state index in [1.165, 1.54) is 0 Å². The molecule has 0 unspecified atom stereocenters. The third-order valence-corrected chi connectivity index (χ3v) is 4.19. The number of halogens is 4. The maximum Gasteiger partial charge on any atom is 0.389 e. The Balaban J connectivity index is 2.67. The van der Waals surface area contributed by atoms with E-state index < -0.39 is 34.8 Å². The SMILES string of the molecule is Cc1ccc(Br)cc1NS(=O)(=O)CCCC(F)(F)F. The molecule has 1 aromatic carbocycles. The summed E-state index contributed by atoms with van der Waals surface area (Å²) in [5.41, 5.74) is 1.06. The zero-order chi connectivity index (χ0) is 14.7. The van der Waals surface area contributed by atoms with Crippen molar-refractivity contribution in [3.8, 4) is 0 Å². The number of hydrogen-bond donors (Lipinski definition) is 1. The van der Waals surface area contributed by atoms with Crippen molar-refractivity contribution < 1.29 is 21.6 Å². The van der Waals surface area contributed by atoms with Crippen molar-refractivity contribution in [1.29, 1.82) is 0 Å². The summed E-state index contributed by atoms with van der Waals surface area (Å²) in [5, 5.41) is 0. The molecule has 0 bridgehead atoms. The first-order chi connectivity index (χ1) is 8.59. The lowest BCUT2D eigenvalue weighted by atomic mass is 10.2. The van der Waals surface area contributed by atoms with Crippen LogP contribution in [0.2, 0.25) is 0 Å². The van der Waals surface area contributed by atoms with E-state index in [-0.39, 0.29) is 0 Å². The average molecular weight is 360 g/mol. The summed E-state index contributed by atoms with van der Waals surface area (Å²) >= 11 is 3.20. The second-order valence-electron chi connectivity index (χ2n) is 4.10. The number of sulfonamides is 1. The Labute approximate surface area is 118 Å². The zero-order valence-corrected chi connectivity index (χ0v) is 12.5. The van der Waals surface area contributed by atoms with Gasteiger partial charge in [0.25, 0.3) is 0 Å². The highest BCUT2D eigenvalue weighted by atomic mass is 79.9. The first-order valence-corrected chi connectivity index (χ1v) is 7.87. The molecule has 1 N–H and O–H groups in total. The number of aryl methyl sites for hydroxylation is 1. The number of rotatable bonds is 5. The van der Waals surface area contributed by atoms with Gasteiger partial charge in [-0.25, -0.2) is 8.42 Å². The molecule has 0 saturated carbocycles. The minimum absolute atomic E-state index is 0.362. The Bertz CT molecular complexity index is 543. The smallest absolute Gasteiger partial charge is 0.283 e. The van der Waals surface area contributed by atoms with Gasteiger partial charge in [-0.2, -0.15) is 13.2 Å². The normalized spacial score (nSPS) is 12.5. The molecule has 19 heavy (non-hydrogen) atoms. The Morgan fingerprint density at radius 1 is 1.32 bits per heavy atom. The van der Waals surface area contributed by atoms with Crippen molar-refractivity contribution >= 4 is 31.6 Å². The maximum absolute atomic E-state index is 12.0. The number of anilines is 1. The van der Waals surface area contributed by atoms with Crippen LogP contribution in [-0.2, 0) is 10.0 Å². The van der Waals surface area contributed by atoms with Crippen molar-refractivity contribution in [3.05, 3.63) is 28.2 Å². The number of nitrogens with one attached hydrogen (secondary N) is 1. The van der Waals surface area contributed by atoms with Crippen LogP contribution in [-0.4, -0.2) is 20.3 Å². The molecule has 0 heterocycles. The standard InChI is InChI=1S/C11H13BrF3NO2S/c1-8-3-4-9(12)7-10(8)16-19(17,18)6-2-5-11(13,14)15/h3-4,7,16H,2,5-6H2,1H3. The van der Waals surface area contributed by atoms with Gasteiger partial charge < -0.3 is 0 Å². The monoisotopic (exact) mass is 359 g/mol. The van der Waals surface area contributed by atoms with Gasteiger partial charge in [-0.1, -0.05) is 22.0 Å². The molecular weight excluding hydrogens is 347 g/mol. The second kappa shape index (κ2) is 6.13. The predicted octanol–water partition coefficient (Wildman–Crippen LogP) is 3.84. The van der Waals surface area contributed by atoms with Gasteiger partial charge in [0.15, 0.2) is 0 Å². The molecular formula is C11H13BrF3NO2S. The highest BCUT2D eigenvalue weighted by Crippen LogP contribution is 2.24. The number of hydrogen-bond acceptors (Lipinski definition) is 2. The van der Waals surface area contributed by atoms with Crippen molar-refractivity contribution in [1.82, 2.24) is 0 Å². The summed E-state index contributed by atoms with van der Waals surface area (Å²) in [5.74, 6) is -0.557. The van der Waals surface area contributed by atoms with E-state index in [0.717, 1.165) is 0 Å². The topological polar surface area (TPSA) is 46.2 Å². The first-order valence-electron chi connectivity index (χ1n) is 5.42. The molecule has 0 aliphatic rings. The third-order valence-electron chi connectivity index (χ3n) is 2.34. The maximum atomic E-state index is 12.0. The lowest BCUT2D eigenvalue weighted by Crippen LogP contribution is -2.19. The molecule has 0 amide bonds. The van der Waals surface area contributed by atoms with Gasteiger partial charge in [0, 0.05) is 10.9 Å². The Kier molecular flexibility index (Phi) is 5.26. The van der Waals surface area contributed by atoms with Crippen molar-refractivity contribution in [2.24, 2.45) is 0 Å². The van der Waals surface area contributed by atoms with Gasteiger partial charge >= 0.3 is 6.18 Å². The lowest BCUT2D eigenvalue weighted by Gasteiger charge is -2.11. The minimum Gasteiger partial charge on any atom is -0.283 e. The van der Waals surface area contributed by atoms with Gasteiger partial charge in [0.2, 0.25) is 10.0 Å². The van der Waals surface area contributed by atoms with Crippen LogP contribution in [0.3, 0.4) is 0 Å². The quantitative estimate of drug-likeness (QED) is 0.867. The Hall–Kier alpha value is -0.760. The van der Waals surface area contributed by atoms with Crippen molar-refractivity contribution in [2.75, 3.05) is 10.5 Å². The predicted molar refractivity (Wildman–Crippen MR) is 71.6 cm³/mol. The average Bonchev–Trinajstić information content (AvgIpc) is 2.20. The molecule has 0 saturated heterocycles. The van der Waals surface area contributed by atoms with E-state index >= 15 is 0 Å². The van der Waals surface area contributed by atoms with Crippen molar-refractivity contribution in [2.45, 2.75) is 25.9 Å². The fourth-order valence-corrected chi connectivity index (χ4v) is 2.93. The second-order valence-corrected chi connectivity index (χ2v) is 6.86. The van der Waals surface area contributed by atoms with E-state index in [9.17, 15) is 21.6 Å². The van der Waals surface area contributed by atoms with Crippen LogP contribution in [0, 0.1) is 6.92 Å². The first kappa shape index (κ1) is 16.3. The van der Waals surface area contributed by atoms with Gasteiger partial charge in [-0.15, -0.1) is 0 Å². The number of alkyl halides is 3. The van der Waals surface area contributed by atoms with E-state index in [0.29, 0.717) is 15.7 Å². The Morgan fingerprint density at radius 3 is 2.53 bits per heavy atom. The third kappa shape index (κ3) is 6.29. The molecule has 1 rings (SSSR count). The molecule has 0 atom stereocenters. The number of benzene rings is 1. The highest BCUT2D eigenvalue weighted by molar-refractivity contribution is 9.10. The van der Waals surface area contributed by atoms with E-state index in [2.05, 4.69) is 20.7 Å². The van der Waals surface area contributed by atoms with Crippen molar-refractivity contribution in [3.63, 3.8) is 0 Å². The zero-order valence-electron chi connectivity index (χ0n) is 10.1. The molecule has 3 nitrogen and oxygen atoms in total. The molecule has 0 radical (unpaired) electrons. The Morgan fingerprint density at radius 2 is 1.95 bits per heavy atom. The van der Waals surface area contributed by atoms with Crippen LogP contribution in [0.5, 0.6) is 0 Å². The van der Waals surface area contributed by atoms with Crippen LogP contribution < -0.4 is 4.72 Å². The van der Waals surface area contributed by atoms with Crippen LogP contribution >= 0.6 is 15.9 Å². The van der Waals surface area contributed by atoms with Gasteiger partial charge in [-0.05, 0) is 31.0 Å². The largest absolute Gasteiger partial charge is 0.389 e. The summed E-state index contributed by atoms with van der Waals surface area (Å²) in [6.07, 6.45) is -5.89. The molecule has 0 fully saturated rings. The van der Waals surface area contributed by atoms with Crippen LogP contribution in [0.4, 0.5) is 18.9 Å². The van der Waals surface area contributed by atoms with Crippen LogP contribution in [0.1, 0.15) is 18.4 Å². The molecule has 0 aromatic heterocycles. The summed E-state index contributed by atoms with van der Waals surface area (Å²) in [6.45, 7) is 1.71. The minimum atomic E-state index is -4.33. The summed E-state index contributed by atoms with van der Waals surface area (Å²) in [4.78, 5) is 0. The molecule has 108 valence electrons. The summed E-state index contributed by atoms with van der Waals surface area (Å²) < 4.78 is 62.1. The summed E-state index contributed by atoms with van der Waals surface area (Å²) in [7, 11) is -3.77. The van der Waals surface area contributed by atoms with E-state index in [4.69, 9.17) is 0 Å². The van der Waals surface area contributed by atoms with Gasteiger partial charge in [0.05, 0.1) is 11.4 Å². The van der Waals surface area contributed by atoms with Crippen LogP contribution in [0.25, 0.3) is 0 Å². The van der Waals surface area contributed by atoms with E-state index in [1.54, 1.807) is 25.1 Å². The summed E-state index contributed by atoms with van der Waals surface area (Å²) in [6, 6.07) is 5.02.